The average molecular weight is 268 g/mol. The summed E-state index contributed by atoms with van der Waals surface area (Å²) in [5.41, 5.74) is 7.32. The van der Waals surface area contributed by atoms with Gasteiger partial charge in [0, 0.05) is 6.54 Å². The second kappa shape index (κ2) is 5.89. The number of nitrogens with one attached hydrogen (secondary N) is 2. The first-order valence-electron chi connectivity index (χ1n) is 5.74. The summed E-state index contributed by atoms with van der Waals surface area (Å²) < 4.78 is 0. The van der Waals surface area contributed by atoms with E-state index in [-0.39, 0.29) is 19.1 Å². The highest BCUT2D eigenvalue weighted by molar-refractivity contribution is 5.76. The van der Waals surface area contributed by atoms with Crippen LogP contribution in [0.1, 0.15) is 5.69 Å². The van der Waals surface area contributed by atoms with E-state index >= 15 is 0 Å². The summed E-state index contributed by atoms with van der Waals surface area (Å²) in [6.45, 7) is -0.447. The van der Waals surface area contributed by atoms with Crippen LogP contribution in [0, 0.1) is 0 Å². The lowest BCUT2D eigenvalue weighted by Gasteiger charge is -2.20. The van der Waals surface area contributed by atoms with E-state index in [0.29, 0.717) is 16.7 Å². The highest BCUT2D eigenvalue weighted by Gasteiger charge is 2.18. The van der Waals surface area contributed by atoms with Gasteiger partial charge in [-0.3, -0.25) is 5.10 Å². The van der Waals surface area contributed by atoms with E-state index in [9.17, 15) is 5.11 Å². The second-order valence-electron chi connectivity index (χ2n) is 4.08. The van der Waals surface area contributed by atoms with Crippen molar-refractivity contribution in [3.63, 3.8) is 0 Å². The van der Waals surface area contributed by atoms with Gasteiger partial charge in [0.25, 0.3) is 0 Å². The summed E-state index contributed by atoms with van der Waals surface area (Å²) in [5.74, 6) is 0.143. The quantitative estimate of drug-likeness (QED) is 0.343. The zero-order valence-corrected chi connectivity index (χ0v) is 10.1. The molecule has 7 N–H and O–H groups in total. The lowest BCUT2D eigenvalue weighted by atomic mass is 10.2. The fraction of sp³-hybridized carbons (Fsp3) is 0.500. The number of anilines is 1. The van der Waals surface area contributed by atoms with Gasteiger partial charge in [0.05, 0.1) is 37.3 Å². The number of aliphatic hydroxyl groups is 3. The Morgan fingerprint density at radius 1 is 1.37 bits per heavy atom. The number of rotatable bonds is 6. The average Bonchev–Trinajstić information content (AvgIpc) is 2.81. The van der Waals surface area contributed by atoms with Crippen LogP contribution in [-0.4, -0.2) is 60.8 Å². The number of nitrogen functional groups attached to an aromatic ring is 1. The van der Waals surface area contributed by atoms with E-state index in [2.05, 4.69) is 25.5 Å². The Labute approximate surface area is 108 Å². The molecular weight excluding hydrogens is 252 g/mol. The molecule has 19 heavy (non-hydrogen) atoms. The van der Waals surface area contributed by atoms with Crippen molar-refractivity contribution in [1.82, 2.24) is 25.5 Å². The van der Waals surface area contributed by atoms with Crippen molar-refractivity contribution < 1.29 is 15.3 Å². The SMILES string of the molecule is Nc1ncc2n[nH]c(CN[C@@H](CO)[C@H](O)CO)c2n1. The number of aromatic nitrogens is 4. The van der Waals surface area contributed by atoms with Crippen molar-refractivity contribution in [2.75, 3.05) is 18.9 Å². The smallest absolute Gasteiger partial charge is 0.220 e. The number of aliphatic hydroxyl groups excluding tert-OH is 3. The summed E-state index contributed by atoms with van der Waals surface area (Å²) in [6.07, 6.45) is 0.461. The molecule has 0 radical (unpaired) electrons. The third-order valence-corrected chi connectivity index (χ3v) is 2.77. The molecule has 0 saturated carbocycles. The van der Waals surface area contributed by atoms with Gasteiger partial charge in [-0.2, -0.15) is 5.10 Å². The number of nitrogens with zero attached hydrogens (tertiary/aromatic N) is 3. The molecule has 2 atom stereocenters. The first kappa shape index (κ1) is 13.6. The standard InChI is InChI=1S/C10H16N6O3/c11-10-13-2-6-9(14-10)5(15-16-6)1-12-7(3-17)8(19)4-18/h2,7-8,12,17-19H,1,3-4H2,(H,15,16)(H2,11,13,14)/t7-,8+/m0/s1. The van der Waals surface area contributed by atoms with Crippen LogP contribution < -0.4 is 11.1 Å². The van der Waals surface area contributed by atoms with E-state index in [1.807, 2.05) is 0 Å². The van der Waals surface area contributed by atoms with Gasteiger partial charge in [0.1, 0.15) is 11.0 Å². The predicted octanol–water partition coefficient (Wildman–Crippen LogP) is -2.26. The molecule has 0 aliphatic rings. The van der Waals surface area contributed by atoms with Gasteiger partial charge >= 0.3 is 0 Å². The van der Waals surface area contributed by atoms with Gasteiger partial charge in [-0.15, -0.1) is 0 Å². The van der Waals surface area contributed by atoms with Gasteiger partial charge in [-0.05, 0) is 0 Å². The number of fused-ring (bicyclic) bond motifs is 1. The Bertz CT molecular complexity index is 545. The molecule has 0 amide bonds. The summed E-state index contributed by atoms with van der Waals surface area (Å²) in [7, 11) is 0. The Kier molecular flexibility index (Phi) is 4.22. The summed E-state index contributed by atoms with van der Waals surface area (Å²) in [4.78, 5) is 7.89. The first-order valence-corrected chi connectivity index (χ1v) is 5.74. The Morgan fingerprint density at radius 3 is 2.84 bits per heavy atom. The largest absolute Gasteiger partial charge is 0.395 e. The molecule has 2 aromatic rings. The molecule has 0 aromatic carbocycles. The first-order chi connectivity index (χ1) is 9.15. The minimum atomic E-state index is -1.04. The zero-order chi connectivity index (χ0) is 13.8. The summed E-state index contributed by atoms with van der Waals surface area (Å²) in [6, 6.07) is -0.637. The van der Waals surface area contributed by atoms with Crippen LogP contribution in [0.15, 0.2) is 6.20 Å². The highest BCUT2D eigenvalue weighted by Crippen LogP contribution is 2.13. The highest BCUT2D eigenvalue weighted by atomic mass is 16.3. The Morgan fingerprint density at radius 2 is 2.16 bits per heavy atom. The van der Waals surface area contributed by atoms with Crippen LogP contribution in [0.2, 0.25) is 0 Å². The van der Waals surface area contributed by atoms with Gasteiger partial charge in [0.15, 0.2) is 0 Å². The van der Waals surface area contributed by atoms with Crippen LogP contribution in [0.3, 0.4) is 0 Å². The number of hydrogen-bond acceptors (Lipinski definition) is 8. The number of H-pyrrole nitrogens is 1. The minimum Gasteiger partial charge on any atom is -0.395 e. The topological polar surface area (TPSA) is 153 Å². The fourth-order valence-electron chi connectivity index (χ4n) is 1.68. The van der Waals surface area contributed by atoms with E-state index in [0.717, 1.165) is 0 Å². The molecule has 0 unspecified atom stereocenters. The summed E-state index contributed by atoms with van der Waals surface area (Å²) >= 11 is 0. The molecule has 0 aliphatic carbocycles. The molecule has 0 fully saturated rings. The molecule has 9 heteroatoms. The van der Waals surface area contributed by atoms with E-state index < -0.39 is 18.8 Å². The maximum absolute atomic E-state index is 9.46. The van der Waals surface area contributed by atoms with Crippen molar-refractivity contribution in [2.45, 2.75) is 18.7 Å². The second-order valence-corrected chi connectivity index (χ2v) is 4.08. The van der Waals surface area contributed by atoms with Gasteiger partial charge < -0.3 is 26.4 Å². The maximum atomic E-state index is 9.46. The van der Waals surface area contributed by atoms with Crippen molar-refractivity contribution in [2.24, 2.45) is 0 Å². The minimum absolute atomic E-state index is 0.143. The lowest BCUT2D eigenvalue weighted by molar-refractivity contribution is 0.0409. The van der Waals surface area contributed by atoms with E-state index in [1.54, 1.807) is 0 Å². The fourth-order valence-corrected chi connectivity index (χ4v) is 1.68. The third-order valence-electron chi connectivity index (χ3n) is 2.77. The molecular formula is C10H16N6O3. The van der Waals surface area contributed by atoms with Gasteiger partial charge in [-0.25, -0.2) is 9.97 Å². The molecule has 2 rings (SSSR count). The normalized spacial score (nSPS) is 14.7. The monoisotopic (exact) mass is 268 g/mol. The van der Waals surface area contributed by atoms with Crippen LogP contribution in [0.4, 0.5) is 5.95 Å². The van der Waals surface area contributed by atoms with Crippen LogP contribution >= 0.6 is 0 Å². The molecule has 0 aliphatic heterocycles. The zero-order valence-electron chi connectivity index (χ0n) is 10.1. The van der Waals surface area contributed by atoms with Crippen molar-refractivity contribution in [3.05, 3.63) is 11.9 Å². The van der Waals surface area contributed by atoms with Gasteiger partial charge in [0.2, 0.25) is 5.95 Å². The van der Waals surface area contributed by atoms with Crippen molar-refractivity contribution in [1.29, 1.82) is 0 Å². The molecule has 0 bridgehead atoms. The maximum Gasteiger partial charge on any atom is 0.220 e. The predicted molar refractivity (Wildman–Crippen MR) is 66.9 cm³/mol. The third kappa shape index (κ3) is 2.96. The van der Waals surface area contributed by atoms with Crippen LogP contribution in [0.25, 0.3) is 11.0 Å². The lowest BCUT2D eigenvalue weighted by Crippen LogP contribution is -2.44. The Balaban J connectivity index is 2.11. The van der Waals surface area contributed by atoms with Crippen molar-refractivity contribution >= 4 is 17.0 Å². The van der Waals surface area contributed by atoms with E-state index in [4.69, 9.17) is 15.9 Å². The molecule has 9 nitrogen and oxygen atoms in total. The molecule has 2 aromatic heterocycles. The summed E-state index contributed by atoms with van der Waals surface area (Å²) in [5, 5.41) is 37.1. The molecule has 2 heterocycles. The van der Waals surface area contributed by atoms with Crippen LogP contribution in [-0.2, 0) is 6.54 Å². The number of nitrogens with two attached hydrogens (primary N) is 1. The molecule has 0 saturated heterocycles. The Hall–Kier alpha value is -1.81. The number of aromatic amines is 1. The van der Waals surface area contributed by atoms with Crippen molar-refractivity contribution in [3.8, 4) is 0 Å². The number of hydrogen-bond donors (Lipinski definition) is 6. The van der Waals surface area contributed by atoms with Crippen LogP contribution in [0.5, 0.6) is 0 Å². The molecule has 0 spiro atoms. The van der Waals surface area contributed by atoms with E-state index in [1.165, 1.54) is 6.20 Å². The van der Waals surface area contributed by atoms with Gasteiger partial charge in [-0.1, -0.05) is 0 Å². The molecule has 104 valence electrons.